The van der Waals surface area contributed by atoms with Crippen molar-refractivity contribution in [2.24, 2.45) is 0 Å². The first-order valence-corrected chi connectivity index (χ1v) is 6.25. The first-order chi connectivity index (χ1) is 8.63. The second-order valence-corrected chi connectivity index (χ2v) is 5.06. The fourth-order valence-corrected chi connectivity index (χ4v) is 2.44. The highest BCUT2D eigenvalue weighted by molar-refractivity contribution is 9.10. The Balaban J connectivity index is 2.23. The van der Waals surface area contributed by atoms with Crippen LogP contribution in [0, 0.1) is 0 Å². The third-order valence-corrected chi connectivity index (χ3v) is 3.35. The molecule has 1 heterocycles. The van der Waals surface area contributed by atoms with Gasteiger partial charge in [-0.15, -0.1) is 0 Å². The van der Waals surface area contributed by atoms with Gasteiger partial charge in [0, 0.05) is 15.2 Å². The average molecular weight is 305 g/mol. The molecule has 0 aliphatic rings. The van der Waals surface area contributed by atoms with Gasteiger partial charge < -0.3 is 9.52 Å². The number of rotatable bonds is 2. The molecule has 0 amide bonds. The van der Waals surface area contributed by atoms with Crippen molar-refractivity contribution in [3.05, 3.63) is 46.4 Å². The molecule has 4 heteroatoms. The normalized spacial score (nSPS) is 11.2. The quantitative estimate of drug-likeness (QED) is 0.779. The van der Waals surface area contributed by atoms with Crippen LogP contribution in [0.5, 0.6) is 0 Å². The molecule has 0 fully saturated rings. The zero-order valence-corrected chi connectivity index (χ0v) is 10.9. The number of hydrogen-bond acceptors (Lipinski definition) is 2. The Bertz CT molecular complexity index is 758. The van der Waals surface area contributed by atoms with Crippen molar-refractivity contribution in [3.63, 3.8) is 0 Å². The van der Waals surface area contributed by atoms with Crippen LogP contribution in [0.15, 0.2) is 45.3 Å². The number of halogens is 1. The molecule has 1 N–H and O–H groups in total. The summed E-state index contributed by atoms with van der Waals surface area (Å²) < 4.78 is 6.71. The van der Waals surface area contributed by atoms with Crippen LogP contribution in [0.3, 0.4) is 0 Å². The number of furan rings is 1. The highest BCUT2D eigenvalue weighted by atomic mass is 79.9. The highest BCUT2D eigenvalue weighted by Gasteiger charge is 2.09. The Morgan fingerprint density at radius 2 is 1.94 bits per heavy atom. The molecule has 0 unspecified atom stereocenters. The van der Waals surface area contributed by atoms with Crippen molar-refractivity contribution < 1.29 is 14.3 Å². The third-order valence-electron chi connectivity index (χ3n) is 2.85. The lowest BCUT2D eigenvalue weighted by molar-refractivity contribution is -0.136. The number of fused-ring (bicyclic) bond motifs is 3. The second kappa shape index (κ2) is 4.14. The van der Waals surface area contributed by atoms with Crippen molar-refractivity contribution in [2.45, 2.75) is 6.42 Å². The SMILES string of the molecule is O=C(O)Cc1ccc2c(c1)oc1ccc(Br)cc12. The summed E-state index contributed by atoms with van der Waals surface area (Å²) in [6.45, 7) is 0. The Hall–Kier alpha value is -1.81. The minimum absolute atomic E-state index is 0.0106. The molecule has 0 radical (unpaired) electrons. The molecular formula is C14H9BrO3. The summed E-state index contributed by atoms with van der Waals surface area (Å²) in [6, 6.07) is 11.3. The summed E-state index contributed by atoms with van der Waals surface area (Å²) in [5.74, 6) is -0.840. The Kier molecular flexibility index (Phi) is 2.59. The van der Waals surface area contributed by atoms with E-state index in [9.17, 15) is 4.79 Å². The van der Waals surface area contributed by atoms with E-state index in [2.05, 4.69) is 15.9 Å². The van der Waals surface area contributed by atoms with Crippen LogP contribution < -0.4 is 0 Å². The summed E-state index contributed by atoms with van der Waals surface area (Å²) in [6.07, 6.45) is 0.0106. The number of carbonyl (C=O) groups is 1. The molecule has 3 aromatic rings. The van der Waals surface area contributed by atoms with E-state index in [-0.39, 0.29) is 6.42 Å². The molecule has 90 valence electrons. The minimum Gasteiger partial charge on any atom is -0.481 e. The molecule has 1 aromatic heterocycles. The van der Waals surface area contributed by atoms with Gasteiger partial charge in [0.05, 0.1) is 6.42 Å². The molecule has 2 aromatic carbocycles. The highest BCUT2D eigenvalue weighted by Crippen LogP contribution is 2.31. The lowest BCUT2D eigenvalue weighted by atomic mass is 10.1. The number of hydrogen-bond donors (Lipinski definition) is 1. The molecule has 0 aliphatic heterocycles. The van der Waals surface area contributed by atoms with Crippen LogP contribution in [-0.4, -0.2) is 11.1 Å². The largest absolute Gasteiger partial charge is 0.481 e. The molecule has 0 saturated carbocycles. The smallest absolute Gasteiger partial charge is 0.307 e. The van der Waals surface area contributed by atoms with E-state index < -0.39 is 5.97 Å². The number of carboxylic acids is 1. The molecule has 0 spiro atoms. The number of carboxylic acid groups (broad SMARTS) is 1. The Morgan fingerprint density at radius 3 is 2.72 bits per heavy atom. The summed E-state index contributed by atoms with van der Waals surface area (Å²) >= 11 is 3.43. The maximum absolute atomic E-state index is 10.7. The second-order valence-electron chi connectivity index (χ2n) is 4.14. The van der Waals surface area contributed by atoms with Gasteiger partial charge in [0.25, 0.3) is 0 Å². The average Bonchev–Trinajstić information content (AvgIpc) is 2.65. The summed E-state index contributed by atoms with van der Waals surface area (Å²) in [4.78, 5) is 10.7. The maximum atomic E-state index is 10.7. The minimum atomic E-state index is -0.840. The van der Waals surface area contributed by atoms with E-state index in [1.165, 1.54) is 0 Å². The zero-order chi connectivity index (χ0) is 12.7. The van der Waals surface area contributed by atoms with E-state index in [1.54, 1.807) is 6.07 Å². The predicted molar refractivity (Wildman–Crippen MR) is 72.8 cm³/mol. The van der Waals surface area contributed by atoms with Gasteiger partial charge in [-0.2, -0.15) is 0 Å². The fraction of sp³-hybridized carbons (Fsp3) is 0.0714. The molecule has 0 saturated heterocycles. The van der Waals surface area contributed by atoms with Gasteiger partial charge in [0.2, 0.25) is 0 Å². The molecule has 18 heavy (non-hydrogen) atoms. The van der Waals surface area contributed by atoms with Gasteiger partial charge in [-0.3, -0.25) is 4.79 Å². The van der Waals surface area contributed by atoms with Crippen LogP contribution in [0.4, 0.5) is 0 Å². The first kappa shape index (κ1) is 11.3. The van der Waals surface area contributed by atoms with Gasteiger partial charge in [-0.1, -0.05) is 28.1 Å². The van der Waals surface area contributed by atoms with E-state index in [0.717, 1.165) is 32.0 Å². The summed E-state index contributed by atoms with van der Waals surface area (Å²) in [5, 5.41) is 10.8. The van der Waals surface area contributed by atoms with Crippen LogP contribution >= 0.6 is 15.9 Å². The predicted octanol–water partition coefficient (Wildman–Crippen LogP) is 3.98. The van der Waals surface area contributed by atoms with Gasteiger partial charge >= 0.3 is 5.97 Å². The van der Waals surface area contributed by atoms with Gasteiger partial charge in [-0.25, -0.2) is 0 Å². The van der Waals surface area contributed by atoms with Crippen LogP contribution in [0.2, 0.25) is 0 Å². The Labute approximate surface area is 111 Å². The van der Waals surface area contributed by atoms with Gasteiger partial charge in [-0.05, 0) is 29.8 Å². The van der Waals surface area contributed by atoms with Gasteiger partial charge in [0.1, 0.15) is 11.2 Å². The molecule has 0 aliphatic carbocycles. The fourth-order valence-electron chi connectivity index (χ4n) is 2.08. The summed E-state index contributed by atoms with van der Waals surface area (Å²) in [7, 11) is 0. The lowest BCUT2D eigenvalue weighted by Gasteiger charge is -1.96. The first-order valence-electron chi connectivity index (χ1n) is 5.46. The number of aliphatic carboxylic acids is 1. The van der Waals surface area contributed by atoms with Crippen LogP contribution in [0.1, 0.15) is 5.56 Å². The molecule has 0 atom stereocenters. The van der Waals surface area contributed by atoms with E-state index in [1.807, 2.05) is 30.3 Å². The molecule has 0 bridgehead atoms. The van der Waals surface area contributed by atoms with Gasteiger partial charge in [0.15, 0.2) is 0 Å². The third kappa shape index (κ3) is 1.88. The van der Waals surface area contributed by atoms with E-state index in [4.69, 9.17) is 9.52 Å². The van der Waals surface area contributed by atoms with Crippen molar-refractivity contribution in [1.82, 2.24) is 0 Å². The summed E-state index contributed by atoms with van der Waals surface area (Å²) in [5.41, 5.74) is 2.27. The van der Waals surface area contributed by atoms with E-state index in [0.29, 0.717) is 0 Å². The number of benzene rings is 2. The zero-order valence-electron chi connectivity index (χ0n) is 9.31. The van der Waals surface area contributed by atoms with Crippen molar-refractivity contribution >= 4 is 43.8 Å². The van der Waals surface area contributed by atoms with Crippen LogP contribution in [-0.2, 0) is 11.2 Å². The molecule has 3 rings (SSSR count). The standard InChI is InChI=1S/C14H9BrO3/c15-9-2-4-12-11(7-9)10-3-1-8(6-14(16)17)5-13(10)18-12/h1-5,7H,6H2,(H,16,17). The molecule has 3 nitrogen and oxygen atoms in total. The van der Waals surface area contributed by atoms with Crippen LogP contribution in [0.25, 0.3) is 21.9 Å². The Morgan fingerprint density at radius 1 is 1.11 bits per heavy atom. The van der Waals surface area contributed by atoms with E-state index >= 15 is 0 Å². The van der Waals surface area contributed by atoms with Crippen molar-refractivity contribution in [2.75, 3.05) is 0 Å². The topological polar surface area (TPSA) is 50.4 Å². The monoisotopic (exact) mass is 304 g/mol. The maximum Gasteiger partial charge on any atom is 0.307 e. The lowest BCUT2D eigenvalue weighted by Crippen LogP contribution is -1.99. The van der Waals surface area contributed by atoms with Crippen molar-refractivity contribution in [1.29, 1.82) is 0 Å². The molecular weight excluding hydrogens is 296 g/mol. The van der Waals surface area contributed by atoms with Crippen molar-refractivity contribution in [3.8, 4) is 0 Å².